The number of nitrogens with zero attached hydrogens (tertiary/aromatic N) is 2. The lowest BCUT2D eigenvalue weighted by atomic mass is 9.91. The van der Waals surface area contributed by atoms with E-state index in [-0.39, 0.29) is 11.4 Å². The van der Waals surface area contributed by atoms with Crippen molar-refractivity contribution < 1.29 is 9.53 Å². The summed E-state index contributed by atoms with van der Waals surface area (Å²) in [5, 5.41) is 8.36. The van der Waals surface area contributed by atoms with E-state index in [0.29, 0.717) is 17.9 Å². The third-order valence-corrected chi connectivity index (χ3v) is 3.46. The smallest absolute Gasteiger partial charge is 0.311 e. The van der Waals surface area contributed by atoms with Gasteiger partial charge in [-0.1, -0.05) is 38.5 Å². The molecule has 2 aromatic carbocycles. The van der Waals surface area contributed by atoms with Crippen molar-refractivity contribution in [2.75, 3.05) is 7.05 Å². The molecule has 2 N–H and O–H groups in total. The van der Waals surface area contributed by atoms with E-state index in [2.05, 4.69) is 36.7 Å². The van der Waals surface area contributed by atoms with Crippen LogP contribution in [0, 0.1) is 12.3 Å². The maximum Gasteiger partial charge on any atom is 0.311 e. The zero-order valence-electron chi connectivity index (χ0n) is 16.3. The van der Waals surface area contributed by atoms with Gasteiger partial charge in [0.1, 0.15) is 5.75 Å². The molecule has 140 valence electrons. The van der Waals surface area contributed by atoms with Crippen LogP contribution < -0.4 is 10.5 Å². The highest BCUT2D eigenvalue weighted by molar-refractivity contribution is 5.72. The van der Waals surface area contributed by atoms with E-state index in [1.807, 2.05) is 31.2 Å². The number of azo groups is 1. The van der Waals surface area contributed by atoms with Crippen LogP contribution in [0.15, 0.2) is 58.8 Å². The quantitative estimate of drug-likeness (QED) is 0.423. The van der Waals surface area contributed by atoms with Crippen LogP contribution in [-0.4, -0.2) is 13.0 Å². The first kappa shape index (κ1) is 21.5. The summed E-state index contributed by atoms with van der Waals surface area (Å²) < 4.78 is 5.33. The highest BCUT2D eigenvalue weighted by Crippen LogP contribution is 2.23. The van der Waals surface area contributed by atoms with E-state index in [9.17, 15) is 4.79 Å². The lowest BCUT2D eigenvalue weighted by Crippen LogP contribution is -2.13. The Morgan fingerprint density at radius 2 is 1.38 bits per heavy atom. The van der Waals surface area contributed by atoms with Gasteiger partial charge >= 0.3 is 5.97 Å². The largest absolute Gasteiger partial charge is 0.427 e. The van der Waals surface area contributed by atoms with Crippen molar-refractivity contribution in [3.63, 3.8) is 0 Å². The Morgan fingerprint density at radius 3 is 1.85 bits per heavy atom. The number of carbonyl (C=O) groups is 1. The minimum Gasteiger partial charge on any atom is -0.427 e. The molecule has 0 saturated carbocycles. The number of hydrogen-bond donors (Lipinski definition) is 1. The van der Waals surface area contributed by atoms with Gasteiger partial charge < -0.3 is 10.5 Å². The van der Waals surface area contributed by atoms with E-state index in [1.54, 1.807) is 24.3 Å². The Bertz CT molecular complexity index is 700. The van der Waals surface area contributed by atoms with Crippen molar-refractivity contribution in [2.24, 2.45) is 21.4 Å². The molecule has 2 rings (SSSR count). The third-order valence-electron chi connectivity index (χ3n) is 3.46. The van der Waals surface area contributed by atoms with Crippen molar-refractivity contribution in [1.29, 1.82) is 0 Å². The Hall–Kier alpha value is -2.53. The van der Waals surface area contributed by atoms with Crippen molar-refractivity contribution in [2.45, 2.75) is 40.5 Å². The minimum absolute atomic E-state index is 0.124. The predicted molar refractivity (Wildman–Crippen MR) is 106 cm³/mol. The first-order valence-electron chi connectivity index (χ1n) is 8.69. The molecule has 0 aliphatic carbocycles. The zero-order chi connectivity index (χ0) is 19.6. The molecule has 5 heteroatoms. The second-order valence-electron chi connectivity index (χ2n) is 7.06. The first-order valence-corrected chi connectivity index (χ1v) is 8.69. The summed E-state index contributed by atoms with van der Waals surface area (Å²) in [6.45, 7) is 8.35. The molecule has 0 aliphatic heterocycles. The van der Waals surface area contributed by atoms with Gasteiger partial charge in [0.25, 0.3) is 0 Å². The third kappa shape index (κ3) is 8.53. The molecule has 0 amide bonds. The zero-order valence-corrected chi connectivity index (χ0v) is 16.3. The summed E-state index contributed by atoms with van der Waals surface area (Å²) in [5.74, 6) is 0.321. The van der Waals surface area contributed by atoms with Crippen LogP contribution in [-0.2, 0) is 4.79 Å². The van der Waals surface area contributed by atoms with Crippen molar-refractivity contribution >= 4 is 17.3 Å². The van der Waals surface area contributed by atoms with E-state index >= 15 is 0 Å². The average molecular weight is 355 g/mol. The molecule has 0 saturated heterocycles. The summed E-state index contributed by atoms with van der Waals surface area (Å²) in [7, 11) is 1.50. The van der Waals surface area contributed by atoms with Crippen LogP contribution in [0.1, 0.15) is 39.2 Å². The molecule has 0 bridgehead atoms. The number of hydrogen-bond acceptors (Lipinski definition) is 5. The number of ether oxygens (including phenoxy) is 1. The molecule has 0 radical (unpaired) electrons. The molecular formula is C21H29N3O2. The summed E-state index contributed by atoms with van der Waals surface area (Å²) >= 11 is 0. The first-order chi connectivity index (χ1) is 12.3. The van der Waals surface area contributed by atoms with E-state index in [1.165, 1.54) is 12.6 Å². The number of nitrogens with two attached hydrogens (primary N) is 1. The van der Waals surface area contributed by atoms with Crippen molar-refractivity contribution in [3.05, 3.63) is 54.1 Å². The van der Waals surface area contributed by atoms with Gasteiger partial charge in [0.05, 0.1) is 11.4 Å². The molecule has 0 aromatic heterocycles. The van der Waals surface area contributed by atoms with Gasteiger partial charge in [0.2, 0.25) is 0 Å². The number of carbonyl (C=O) groups excluding carboxylic acids is 1. The second-order valence-corrected chi connectivity index (χ2v) is 7.06. The maximum absolute atomic E-state index is 11.8. The Balaban J connectivity index is 0.00000163. The van der Waals surface area contributed by atoms with Gasteiger partial charge in [-0.2, -0.15) is 10.2 Å². The van der Waals surface area contributed by atoms with Crippen LogP contribution in [0.5, 0.6) is 5.75 Å². The van der Waals surface area contributed by atoms with Crippen LogP contribution in [0.4, 0.5) is 11.4 Å². The van der Waals surface area contributed by atoms with E-state index in [0.717, 1.165) is 12.1 Å². The lowest BCUT2D eigenvalue weighted by molar-refractivity contribution is -0.134. The van der Waals surface area contributed by atoms with E-state index in [4.69, 9.17) is 4.74 Å². The predicted octanol–water partition coefficient (Wildman–Crippen LogP) is 5.72. The number of esters is 1. The van der Waals surface area contributed by atoms with Gasteiger partial charge in [-0.15, -0.1) is 0 Å². The lowest BCUT2D eigenvalue weighted by Gasteiger charge is -2.16. The molecule has 0 heterocycles. The molecular weight excluding hydrogens is 326 g/mol. The summed E-state index contributed by atoms with van der Waals surface area (Å²) in [4.78, 5) is 11.8. The Morgan fingerprint density at radius 1 is 0.923 bits per heavy atom. The molecule has 0 unspecified atom stereocenters. The maximum atomic E-state index is 11.8. The molecule has 0 fully saturated rings. The molecule has 2 aromatic rings. The van der Waals surface area contributed by atoms with E-state index < -0.39 is 0 Å². The molecule has 5 nitrogen and oxygen atoms in total. The van der Waals surface area contributed by atoms with Gasteiger partial charge in [-0.25, -0.2) is 0 Å². The highest BCUT2D eigenvalue weighted by Gasteiger charge is 2.14. The molecule has 0 aliphatic rings. The Labute approximate surface area is 156 Å². The SMILES string of the molecule is CN.Cc1ccc(N=Nc2ccc(OC(=O)CCC(C)(C)C)cc2)cc1. The van der Waals surface area contributed by atoms with Gasteiger partial charge in [-0.3, -0.25) is 4.79 Å². The topological polar surface area (TPSA) is 77.0 Å². The molecule has 0 atom stereocenters. The fourth-order valence-electron chi connectivity index (χ4n) is 1.97. The summed E-state index contributed by atoms with van der Waals surface area (Å²) in [6, 6.07) is 14.9. The summed E-state index contributed by atoms with van der Waals surface area (Å²) in [5.41, 5.74) is 7.33. The number of benzene rings is 2. The fourth-order valence-corrected chi connectivity index (χ4v) is 1.97. The van der Waals surface area contributed by atoms with Gasteiger partial charge in [0, 0.05) is 6.42 Å². The highest BCUT2D eigenvalue weighted by atomic mass is 16.5. The second kappa shape index (κ2) is 10.5. The van der Waals surface area contributed by atoms with Gasteiger partial charge in [0.15, 0.2) is 0 Å². The van der Waals surface area contributed by atoms with Crippen LogP contribution in [0.2, 0.25) is 0 Å². The van der Waals surface area contributed by atoms with Crippen LogP contribution in [0.3, 0.4) is 0 Å². The number of rotatable bonds is 5. The normalized spacial score (nSPS) is 11.0. The van der Waals surface area contributed by atoms with Crippen molar-refractivity contribution in [1.82, 2.24) is 0 Å². The standard InChI is InChI=1S/C20H24N2O2.CH5N/c1-15-5-7-16(8-6-15)21-22-17-9-11-18(12-10-17)24-19(23)13-14-20(2,3)4;1-2/h5-12H,13-14H2,1-4H3;2H2,1H3. The number of aryl methyl sites for hydroxylation is 1. The Kier molecular flexibility index (Phi) is 8.65. The van der Waals surface area contributed by atoms with Crippen LogP contribution in [0.25, 0.3) is 0 Å². The molecule has 0 spiro atoms. The summed E-state index contributed by atoms with van der Waals surface area (Å²) in [6.07, 6.45) is 1.22. The van der Waals surface area contributed by atoms with Crippen molar-refractivity contribution in [3.8, 4) is 5.75 Å². The molecule has 26 heavy (non-hydrogen) atoms. The fraction of sp³-hybridized carbons (Fsp3) is 0.381. The average Bonchev–Trinajstić information content (AvgIpc) is 2.62. The van der Waals surface area contributed by atoms with Crippen LogP contribution >= 0.6 is 0 Å². The minimum atomic E-state index is -0.209. The van der Waals surface area contributed by atoms with Gasteiger partial charge in [-0.05, 0) is 62.2 Å². The monoisotopic (exact) mass is 355 g/mol.